The van der Waals surface area contributed by atoms with E-state index in [1.54, 1.807) is 0 Å². The molecule has 1 heterocycles. The van der Waals surface area contributed by atoms with E-state index in [2.05, 4.69) is 10.3 Å². The van der Waals surface area contributed by atoms with Crippen LogP contribution in [0.15, 0.2) is 42.5 Å². The van der Waals surface area contributed by atoms with Gasteiger partial charge in [-0.25, -0.2) is 4.98 Å². The van der Waals surface area contributed by atoms with Crippen molar-refractivity contribution in [2.75, 3.05) is 18.5 Å². The summed E-state index contributed by atoms with van der Waals surface area (Å²) in [6.45, 7) is 2.47. The van der Waals surface area contributed by atoms with Crippen LogP contribution in [0.4, 0.5) is 19.0 Å². The molecule has 0 saturated carbocycles. The molecule has 0 amide bonds. The standard InChI is InChI=1S/C17H16F3N3O/c1-2-24-14(12-6-4-3-5-7-12)11-22-16-13(10-21)8-9-15(23-16)17(18,19)20/h3-9,14H,2,11H2,1H3,(H,22,23). The molecule has 0 aliphatic rings. The minimum absolute atomic E-state index is 0.0475. The second-order valence-electron chi connectivity index (χ2n) is 4.94. The van der Waals surface area contributed by atoms with Crippen molar-refractivity contribution in [3.63, 3.8) is 0 Å². The van der Waals surface area contributed by atoms with Crippen molar-refractivity contribution >= 4 is 5.82 Å². The number of nitrogens with one attached hydrogen (secondary N) is 1. The third-order valence-electron chi connectivity index (χ3n) is 3.30. The summed E-state index contributed by atoms with van der Waals surface area (Å²) in [7, 11) is 0. The van der Waals surface area contributed by atoms with E-state index in [0.717, 1.165) is 17.7 Å². The Hall–Kier alpha value is -2.59. The summed E-state index contributed by atoms with van der Waals surface area (Å²) in [6.07, 6.45) is -4.93. The first-order valence-electron chi connectivity index (χ1n) is 7.34. The molecule has 4 nitrogen and oxygen atoms in total. The number of alkyl halides is 3. The van der Waals surface area contributed by atoms with E-state index in [-0.39, 0.29) is 24.0 Å². The number of halogens is 3. The van der Waals surface area contributed by atoms with Crippen LogP contribution in [0.2, 0.25) is 0 Å². The molecule has 7 heteroatoms. The molecule has 0 aliphatic heterocycles. The number of rotatable bonds is 6. The lowest BCUT2D eigenvalue weighted by molar-refractivity contribution is -0.141. The second kappa shape index (κ2) is 7.79. The fourth-order valence-electron chi connectivity index (χ4n) is 2.17. The lowest BCUT2D eigenvalue weighted by Gasteiger charge is -2.19. The fraction of sp³-hybridized carbons (Fsp3) is 0.294. The highest BCUT2D eigenvalue weighted by Crippen LogP contribution is 2.29. The van der Waals surface area contributed by atoms with Crippen LogP contribution in [-0.4, -0.2) is 18.1 Å². The highest BCUT2D eigenvalue weighted by atomic mass is 19.4. The zero-order chi connectivity index (χ0) is 17.6. The Labute approximate surface area is 137 Å². The minimum Gasteiger partial charge on any atom is -0.372 e. The summed E-state index contributed by atoms with van der Waals surface area (Å²) < 4.78 is 44.0. The predicted molar refractivity (Wildman–Crippen MR) is 83.3 cm³/mol. The van der Waals surface area contributed by atoms with Crippen molar-refractivity contribution in [2.24, 2.45) is 0 Å². The van der Waals surface area contributed by atoms with E-state index in [1.807, 2.05) is 43.3 Å². The number of hydrogen-bond donors (Lipinski definition) is 1. The van der Waals surface area contributed by atoms with Crippen molar-refractivity contribution in [1.82, 2.24) is 4.98 Å². The lowest BCUT2D eigenvalue weighted by atomic mass is 10.1. The zero-order valence-electron chi connectivity index (χ0n) is 13.0. The molecule has 0 radical (unpaired) electrons. The first-order valence-corrected chi connectivity index (χ1v) is 7.34. The first-order chi connectivity index (χ1) is 11.5. The topological polar surface area (TPSA) is 57.9 Å². The number of nitriles is 1. The van der Waals surface area contributed by atoms with Gasteiger partial charge in [0.15, 0.2) is 0 Å². The highest BCUT2D eigenvalue weighted by molar-refractivity contribution is 5.52. The van der Waals surface area contributed by atoms with E-state index in [1.165, 1.54) is 0 Å². The molecule has 2 aromatic rings. The molecule has 126 valence electrons. The maximum absolute atomic E-state index is 12.8. The second-order valence-corrected chi connectivity index (χ2v) is 4.94. The number of hydrogen-bond acceptors (Lipinski definition) is 4. The molecule has 1 N–H and O–H groups in total. The average Bonchev–Trinajstić information content (AvgIpc) is 2.58. The van der Waals surface area contributed by atoms with Crippen LogP contribution in [0.3, 0.4) is 0 Å². The molecular weight excluding hydrogens is 319 g/mol. The van der Waals surface area contributed by atoms with Gasteiger partial charge >= 0.3 is 6.18 Å². The fourth-order valence-corrected chi connectivity index (χ4v) is 2.17. The van der Waals surface area contributed by atoms with Crippen LogP contribution < -0.4 is 5.32 Å². The maximum Gasteiger partial charge on any atom is 0.433 e. The molecule has 2 rings (SSSR count). The highest BCUT2D eigenvalue weighted by Gasteiger charge is 2.33. The van der Waals surface area contributed by atoms with Crippen molar-refractivity contribution in [1.29, 1.82) is 5.26 Å². The molecule has 1 unspecified atom stereocenters. The summed E-state index contributed by atoms with van der Waals surface area (Å²) in [5.74, 6) is -0.104. The van der Waals surface area contributed by atoms with Gasteiger partial charge in [-0.15, -0.1) is 0 Å². The SMILES string of the molecule is CCOC(CNc1nc(C(F)(F)F)ccc1C#N)c1ccccc1. The van der Waals surface area contributed by atoms with E-state index < -0.39 is 11.9 Å². The van der Waals surface area contributed by atoms with Crippen LogP contribution in [0, 0.1) is 11.3 Å². The van der Waals surface area contributed by atoms with E-state index in [9.17, 15) is 13.2 Å². The molecule has 1 atom stereocenters. The van der Waals surface area contributed by atoms with Crippen LogP contribution >= 0.6 is 0 Å². The number of pyridine rings is 1. The molecule has 0 fully saturated rings. The minimum atomic E-state index is -4.57. The van der Waals surface area contributed by atoms with Gasteiger partial charge in [-0.1, -0.05) is 30.3 Å². The Morgan fingerprint density at radius 2 is 1.92 bits per heavy atom. The third kappa shape index (κ3) is 4.46. The average molecular weight is 335 g/mol. The number of nitrogens with zero attached hydrogens (tertiary/aromatic N) is 2. The van der Waals surface area contributed by atoms with Crippen LogP contribution in [-0.2, 0) is 10.9 Å². The molecule has 1 aromatic heterocycles. The van der Waals surface area contributed by atoms with Gasteiger partial charge in [-0.2, -0.15) is 18.4 Å². The summed E-state index contributed by atoms with van der Waals surface area (Å²) in [4.78, 5) is 3.53. The molecule has 0 spiro atoms. The Bertz CT molecular complexity index is 711. The number of aromatic nitrogens is 1. The molecule has 0 aliphatic carbocycles. The number of ether oxygens (including phenoxy) is 1. The molecule has 24 heavy (non-hydrogen) atoms. The normalized spacial score (nSPS) is 12.5. The molecular formula is C17H16F3N3O. The van der Waals surface area contributed by atoms with Gasteiger partial charge < -0.3 is 10.1 Å². The molecule has 0 saturated heterocycles. The largest absolute Gasteiger partial charge is 0.433 e. The summed E-state index contributed by atoms with van der Waals surface area (Å²) in [6, 6.07) is 13.0. The summed E-state index contributed by atoms with van der Waals surface area (Å²) >= 11 is 0. The zero-order valence-corrected chi connectivity index (χ0v) is 13.0. The van der Waals surface area contributed by atoms with Crippen molar-refractivity contribution < 1.29 is 17.9 Å². The van der Waals surface area contributed by atoms with Crippen LogP contribution in [0.5, 0.6) is 0 Å². The van der Waals surface area contributed by atoms with E-state index in [0.29, 0.717) is 6.61 Å². The smallest absolute Gasteiger partial charge is 0.372 e. The van der Waals surface area contributed by atoms with Crippen molar-refractivity contribution in [3.05, 3.63) is 59.3 Å². The van der Waals surface area contributed by atoms with Gasteiger partial charge in [0.05, 0.1) is 11.7 Å². The molecule has 0 bridgehead atoms. The quantitative estimate of drug-likeness (QED) is 0.861. The Morgan fingerprint density at radius 3 is 2.50 bits per heavy atom. The molecule has 1 aromatic carbocycles. The summed E-state index contributed by atoms with van der Waals surface area (Å²) in [5.41, 5.74) is -0.111. The van der Waals surface area contributed by atoms with Crippen LogP contribution in [0.25, 0.3) is 0 Å². The Kier molecular flexibility index (Phi) is 5.77. The van der Waals surface area contributed by atoms with E-state index in [4.69, 9.17) is 10.00 Å². The van der Waals surface area contributed by atoms with Gasteiger partial charge in [-0.3, -0.25) is 0 Å². The van der Waals surface area contributed by atoms with Gasteiger partial charge in [-0.05, 0) is 24.6 Å². The van der Waals surface area contributed by atoms with Crippen molar-refractivity contribution in [3.8, 4) is 6.07 Å². The monoisotopic (exact) mass is 335 g/mol. The van der Waals surface area contributed by atoms with Crippen molar-refractivity contribution in [2.45, 2.75) is 19.2 Å². The predicted octanol–water partition coefficient (Wildman–Crippen LogP) is 4.16. The Balaban J connectivity index is 2.21. The maximum atomic E-state index is 12.8. The van der Waals surface area contributed by atoms with Gasteiger partial charge in [0.25, 0.3) is 0 Å². The van der Waals surface area contributed by atoms with Gasteiger partial charge in [0, 0.05) is 13.2 Å². The first kappa shape index (κ1) is 17.8. The summed E-state index contributed by atoms with van der Waals surface area (Å²) in [5, 5.41) is 11.9. The van der Waals surface area contributed by atoms with Crippen LogP contribution in [0.1, 0.15) is 29.8 Å². The van der Waals surface area contributed by atoms with Gasteiger partial charge in [0.1, 0.15) is 17.6 Å². The Morgan fingerprint density at radius 1 is 1.21 bits per heavy atom. The van der Waals surface area contributed by atoms with E-state index >= 15 is 0 Å². The number of benzene rings is 1. The number of anilines is 1. The van der Waals surface area contributed by atoms with Gasteiger partial charge in [0.2, 0.25) is 0 Å². The lowest BCUT2D eigenvalue weighted by Crippen LogP contribution is -2.18. The third-order valence-corrected chi connectivity index (χ3v) is 3.30.